The van der Waals surface area contributed by atoms with Gasteiger partial charge in [0, 0.05) is 0 Å². The zero-order valence-electron chi connectivity index (χ0n) is 25.8. The molecule has 0 aromatic heterocycles. The minimum absolute atomic E-state index is 0.144. The number of nitrogens with two attached hydrogens (primary N) is 1. The Hall–Kier alpha value is -4.07. The molecule has 0 fully saturated rings. The second kappa shape index (κ2) is 17.8. The van der Waals surface area contributed by atoms with Gasteiger partial charge in [0.05, 0.1) is 29.4 Å². The molecule has 0 saturated heterocycles. The number of hydrogen-bond donors (Lipinski definition) is 1. The SMILES string of the molecule is CCCCCCCCCOc1ccc(-c2ccc(OC(=O)c3cc(N)c(O[C@H](C)CCCCC)cc3[N+](=O)[O-])cc2)cc1. The maximum Gasteiger partial charge on any atom is 0.350 e. The fraction of sp³-hybridized carbons (Fsp3) is 0.457. The van der Waals surface area contributed by atoms with E-state index in [1.54, 1.807) is 12.1 Å². The third-order valence-corrected chi connectivity index (χ3v) is 7.36. The van der Waals surface area contributed by atoms with E-state index in [1.165, 1.54) is 50.7 Å². The largest absolute Gasteiger partial charge is 0.494 e. The van der Waals surface area contributed by atoms with Gasteiger partial charge in [-0.25, -0.2) is 4.79 Å². The van der Waals surface area contributed by atoms with Crippen molar-refractivity contribution in [2.75, 3.05) is 12.3 Å². The summed E-state index contributed by atoms with van der Waals surface area (Å²) in [6.45, 7) is 6.96. The minimum Gasteiger partial charge on any atom is -0.494 e. The molecule has 3 aromatic carbocycles. The predicted octanol–water partition coefficient (Wildman–Crippen LogP) is 9.54. The summed E-state index contributed by atoms with van der Waals surface area (Å²) >= 11 is 0. The Morgan fingerprint density at radius 3 is 1.98 bits per heavy atom. The number of nitrogens with zero attached hydrogens (tertiary/aromatic N) is 1. The number of ether oxygens (including phenoxy) is 3. The van der Waals surface area contributed by atoms with Gasteiger partial charge in [0.25, 0.3) is 5.69 Å². The molecule has 0 aliphatic rings. The van der Waals surface area contributed by atoms with Crippen LogP contribution in [0.3, 0.4) is 0 Å². The van der Waals surface area contributed by atoms with Crippen LogP contribution in [0.25, 0.3) is 11.1 Å². The summed E-state index contributed by atoms with van der Waals surface area (Å²) < 4.78 is 17.2. The fourth-order valence-corrected chi connectivity index (χ4v) is 4.83. The molecule has 0 heterocycles. The first-order valence-corrected chi connectivity index (χ1v) is 15.6. The van der Waals surface area contributed by atoms with E-state index in [2.05, 4.69) is 13.8 Å². The molecular weight excluding hydrogens is 544 g/mol. The number of anilines is 1. The van der Waals surface area contributed by atoms with E-state index < -0.39 is 16.6 Å². The van der Waals surface area contributed by atoms with Crippen molar-refractivity contribution in [1.82, 2.24) is 0 Å². The molecule has 0 aliphatic heterocycles. The van der Waals surface area contributed by atoms with Crippen LogP contribution in [0.5, 0.6) is 17.2 Å². The Kier molecular flexibility index (Phi) is 13.8. The molecule has 0 saturated carbocycles. The molecule has 43 heavy (non-hydrogen) atoms. The molecule has 0 radical (unpaired) electrons. The van der Waals surface area contributed by atoms with Crippen LogP contribution in [0, 0.1) is 10.1 Å². The van der Waals surface area contributed by atoms with E-state index in [4.69, 9.17) is 19.9 Å². The van der Waals surface area contributed by atoms with Gasteiger partial charge in [0.1, 0.15) is 22.8 Å². The Morgan fingerprint density at radius 1 is 0.814 bits per heavy atom. The lowest BCUT2D eigenvalue weighted by molar-refractivity contribution is -0.385. The Balaban J connectivity index is 1.56. The molecule has 0 amide bonds. The molecule has 8 heteroatoms. The maximum atomic E-state index is 12.9. The molecular formula is C35H46N2O6. The number of nitro benzene ring substituents is 1. The average molecular weight is 591 g/mol. The molecule has 0 bridgehead atoms. The quantitative estimate of drug-likeness (QED) is 0.0369. The van der Waals surface area contributed by atoms with E-state index in [9.17, 15) is 14.9 Å². The number of nitro groups is 1. The van der Waals surface area contributed by atoms with E-state index in [0.717, 1.165) is 49.0 Å². The maximum absolute atomic E-state index is 12.9. The smallest absolute Gasteiger partial charge is 0.350 e. The van der Waals surface area contributed by atoms with Gasteiger partial charge in [0.2, 0.25) is 0 Å². The Bertz CT molecular complexity index is 1290. The summed E-state index contributed by atoms with van der Waals surface area (Å²) in [7, 11) is 0. The van der Waals surface area contributed by atoms with Crippen molar-refractivity contribution in [2.24, 2.45) is 0 Å². The molecule has 2 N–H and O–H groups in total. The lowest BCUT2D eigenvalue weighted by Gasteiger charge is -2.16. The number of nitrogen functional groups attached to an aromatic ring is 1. The van der Waals surface area contributed by atoms with Crippen LogP contribution in [0.15, 0.2) is 60.7 Å². The summed E-state index contributed by atoms with van der Waals surface area (Å²) in [4.78, 5) is 24.1. The van der Waals surface area contributed by atoms with Crippen molar-refractivity contribution < 1.29 is 23.9 Å². The highest BCUT2D eigenvalue weighted by Gasteiger charge is 2.26. The van der Waals surface area contributed by atoms with Crippen LogP contribution in [-0.2, 0) is 0 Å². The zero-order valence-corrected chi connectivity index (χ0v) is 25.8. The Labute approximate surface area is 255 Å². The highest BCUT2D eigenvalue weighted by molar-refractivity contribution is 5.97. The van der Waals surface area contributed by atoms with Gasteiger partial charge in [-0.2, -0.15) is 0 Å². The van der Waals surface area contributed by atoms with E-state index in [-0.39, 0.29) is 28.9 Å². The molecule has 1 atom stereocenters. The highest BCUT2D eigenvalue weighted by atomic mass is 16.6. The van der Waals surface area contributed by atoms with Crippen LogP contribution in [0.2, 0.25) is 0 Å². The number of rotatable bonds is 19. The minimum atomic E-state index is -0.865. The standard InChI is InChI=1S/C35H46N2O6/c1-4-6-8-9-10-11-13-23-41-29-19-15-27(16-20-29)28-17-21-30(22-18-28)43-35(38)31-24-32(36)34(25-33(31)37(39)40)42-26(3)14-12-7-5-2/h15-22,24-26H,4-14,23,36H2,1-3H3/t26-/m1/s1. The lowest BCUT2D eigenvalue weighted by Crippen LogP contribution is -2.15. The van der Waals surface area contributed by atoms with E-state index >= 15 is 0 Å². The summed E-state index contributed by atoms with van der Waals surface area (Å²) in [6.07, 6.45) is 12.5. The van der Waals surface area contributed by atoms with Gasteiger partial charge < -0.3 is 19.9 Å². The van der Waals surface area contributed by atoms with Gasteiger partial charge >= 0.3 is 5.97 Å². The first kappa shape index (κ1) is 33.4. The van der Waals surface area contributed by atoms with Gasteiger partial charge in [-0.3, -0.25) is 10.1 Å². The second-order valence-electron chi connectivity index (χ2n) is 11.0. The normalized spacial score (nSPS) is 11.6. The number of esters is 1. The van der Waals surface area contributed by atoms with Gasteiger partial charge in [-0.1, -0.05) is 89.5 Å². The molecule has 0 aliphatic carbocycles. The first-order valence-electron chi connectivity index (χ1n) is 15.6. The highest BCUT2D eigenvalue weighted by Crippen LogP contribution is 2.33. The summed E-state index contributed by atoms with van der Waals surface area (Å²) in [5.41, 5.74) is 7.54. The van der Waals surface area contributed by atoms with Gasteiger partial charge in [-0.15, -0.1) is 0 Å². The third-order valence-electron chi connectivity index (χ3n) is 7.36. The Morgan fingerprint density at radius 2 is 1.37 bits per heavy atom. The first-order chi connectivity index (χ1) is 20.8. The number of carbonyl (C=O) groups is 1. The van der Waals surface area contributed by atoms with Crippen molar-refractivity contribution in [3.8, 4) is 28.4 Å². The second-order valence-corrected chi connectivity index (χ2v) is 11.0. The van der Waals surface area contributed by atoms with Gasteiger partial charge in [0.15, 0.2) is 0 Å². The van der Waals surface area contributed by atoms with E-state index in [1.807, 2.05) is 43.3 Å². The van der Waals surface area contributed by atoms with Crippen molar-refractivity contribution in [3.63, 3.8) is 0 Å². The van der Waals surface area contributed by atoms with Crippen molar-refractivity contribution >= 4 is 17.3 Å². The average Bonchev–Trinajstić information content (AvgIpc) is 3.00. The van der Waals surface area contributed by atoms with E-state index in [0.29, 0.717) is 6.61 Å². The zero-order chi connectivity index (χ0) is 31.0. The van der Waals surface area contributed by atoms with Crippen LogP contribution >= 0.6 is 0 Å². The monoisotopic (exact) mass is 590 g/mol. The van der Waals surface area contributed by atoms with Crippen molar-refractivity contribution in [2.45, 2.75) is 97.5 Å². The van der Waals surface area contributed by atoms with Crippen LogP contribution in [0.1, 0.15) is 102 Å². The van der Waals surface area contributed by atoms with Crippen molar-refractivity contribution in [3.05, 3.63) is 76.3 Å². The third kappa shape index (κ3) is 10.9. The van der Waals surface area contributed by atoms with Crippen LogP contribution in [-0.4, -0.2) is 23.6 Å². The van der Waals surface area contributed by atoms with Crippen LogP contribution < -0.4 is 19.9 Å². The number of benzene rings is 3. The molecule has 3 rings (SSSR count). The molecule has 232 valence electrons. The fourth-order valence-electron chi connectivity index (χ4n) is 4.83. The lowest BCUT2D eigenvalue weighted by atomic mass is 10.1. The summed E-state index contributed by atoms with van der Waals surface area (Å²) in [5.74, 6) is 0.423. The number of carbonyl (C=O) groups excluding carboxylic acids is 1. The summed E-state index contributed by atoms with van der Waals surface area (Å²) in [6, 6.07) is 17.3. The topological polar surface area (TPSA) is 114 Å². The molecule has 8 nitrogen and oxygen atoms in total. The summed E-state index contributed by atoms with van der Waals surface area (Å²) in [5, 5.41) is 11.8. The van der Waals surface area contributed by atoms with Crippen LogP contribution in [0.4, 0.5) is 11.4 Å². The predicted molar refractivity (Wildman–Crippen MR) is 172 cm³/mol. The van der Waals surface area contributed by atoms with Gasteiger partial charge in [-0.05, 0) is 67.6 Å². The molecule has 0 spiro atoms. The molecule has 3 aromatic rings. The molecule has 0 unspecified atom stereocenters. The number of hydrogen-bond acceptors (Lipinski definition) is 7. The number of unbranched alkanes of at least 4 members (excludes halogenated alkanes) is 8. The van der Waals surface area contributed by atoms with Crippen molar-refractivity contribution in [1.29, 1.82) is 0 Å².